The Balaban J connectivity index is 1.90. The van der Waals surface area contributed by atoms with Gasteiger partial charge in [0.1, 0.15) is 0 Å². The predicted molar refractivity (Wildman–Crippen MR) is 82.3 cm³/mol. The fraction of sp³-hybridized carbons (Fsp3) is 0.647. The number of piperidine rings is 1. The van der Waals surface area contributed by atoms with E-state index in [0.29, 0.717) is 0 Å². The highest BCUT2D eigenvalue weighted by Crippen LogP contribution is 2.22. The number of hydrogen-bond donors (Lipinski definition) is 1. The van der Waals surface area contributed by atoms with Crippen molar-refractivity contribution in [3.8, 4) is 0 Å². The average molecular weight is 260 g/mol. The molecule has 0 spiro atoms. The van der Waals surface area contributed by atoms with Crippen molar-refractivity contribution in [1.29, 1.82) is 0 Å². The number of aryl methyl sites for hydroxylation is 2. The van der Waals surface area contributed by atoms with E-state index in [-0.39, 0.29) is 6.04 Å². The summed E-state index contributed by atoms with van der Waals surface area (Å²) >= 11 is 0. The van der Waals surface area contributed by atoms with Gasteiger partial charge in [0.2, 0.25) is 0 Å². The van der Waals surface area contributed by atoms with Gasteiger partial charge in [0.05, 0.1) is 0 Å². The van der Waals surface area contributed by atoms with Gasteiger partial charge in [-0.15, -0.1) is 0 Å². The molecular formula is C17H28N2. The largest absolute Gasteiger partial charge is 0.323 e. The van der Waals surface area contributed by atoms with Crippen LogP contribution in [0.15, 0.2) is 18.2 Å². The average Bonchev–Trinajstić information content (AvgIpc) is 2.42. The molecule has 0 aromatic heterocycles. The molecule has 1 atom stereocenters. The molecule has 0 aliphatic carbocycles. The first-order valence-electron chi connectivity index (χ1n) is 7.65. The Kier molecular flexibility index (Phi) is 5.00. The minimum Gasteiger partial charge on any atom is -0.323 e. The van der Waals surface area contributed by atoms with Crippen LogP contribution in [-0.2, 0) is 0 Å². The van der Waals surface area contributed by atoms with Crippen molar-refractivity contribution in [2.75, 3.05) is 19.6 Å². The predicted octanol–water partition coefficient (Wildman–Crippen LogP) is 3.43. The van der Waals surface area contributed by atoms with Crippen LogP contribution in [-0.4, -0.2) is 24.5 Å². The highest BCUT2D eigenvalue weighted by molar-refractivity contribution is 5.31. The monoisotopic (exact) mass is 260 g/mol. The molecule has 2 rings (SSSR count). The quantitative estimate of drug-likeness (QED) is 0.898. The summed E-state index contributed by atoms with van der Waals surface area (Å²) in [5, 5.41) is 0. The standard InChI is InChI=1S/C17H28N2/c1-4-15-7-9-19(10-8-15)12-17(18)16-6-5-13(2)14(3)11-16/h5-6,11,15,17H,4,7-10,12,18H2,1-3H3. The number of hydrogen-bond acceptors (Lipinski definition) is 2. The van der Waals surface area contributed by atoms with E-state index in [2.05, 4.69) is 43.9 Å². The van der Waals surface area contributed by atoms with E-state index in [1.54, 1.807) is 0 Å². The summed E-state index contributed by atoms with van der Waals surface area (Å²) in [5.74, 6) is 0.939. The number of rotatable bonds is 4. The summed E-state index contributed by atoms with van der Waals surface area (Å²) in [6, 6.07) is 6.77. The number of nitrogens with two attached hydrogens (primary N) is 1. The summed E-state index contributed by atoms with van der Waals surface area (Å²) in [6.07, 6.45) is 4.02. The third-order valence-electron chi connectivity index (χ3n) is 4.70. The van der Waals surface area contributed by atoms with E-state index < -0.39 is 0 Å². The van der Waals surface area contributed by atoms with Crippen molar-refractivity contribution in [2.24, 2.45) is 11.7 Å². The first-order chi connectivity index (χ1) is 9.10. The van der Waals surface area contributed by atoms with E-state index in [1.165, 1.54) is 49.0 Å². The Hall–Kier alpha value is -0.860. The summed E-state index contributed by atoms with van der Waals surface area (Å²) in [7, 11) is 0. The van der Waals surface area contributed by atoms with Gasteiger partial charge in [-0.2, -0.15) is 0 Å². The lowest BCUT2D eigenvalue weighted by Crippen LogP contribution is -2.38. The molecule has 1 aliphatic heterocycles. The molecule has 19 heavy (non-hydrogen) atoms. The van der Waals surface area contributed by atoms with E-state index >= 15 is 0 Å². The molecule has 0 radical (unpaired) electrons. The molecule has 1 heterocycles. The zero-order chi connectivity index (χ0) is 13.8. The minimum atomic E-state index is 0.150. The Morgan fingerprint density at radius 3 is 2.47 bits per heavy atom. The van der Waals surface area contributed by atoms with Gasteiger partial charge in [0.25, 0.3) is 0 Å². The van der Waals surface area contributed by atoms with Crippen LogP contribution in [0.5, 0.6) is 0 Å². The molecular weight excluding hydrogens is 232 g/mol. The molecule has 0 amide bonds. The lowest BCUT2D eigenvalue weighted by Gasteiger charge is -2.33. The summed E-state index contributed by atoms with van der Waals surface area (Å²) < 4.78 is 0. The van der Waals surface area contributed by atoms with Crippen molar-refractivity contribution in [1.82, 2.24) is 4.90 Å². The smallest absolute Gasteiger partial charge is 0.0424 e. The van der Waals surface area contributed by atoms with Crippen LogP contribution in [0.2, 0.25) is 0 Å². The molecule has 2 N–H and O–H groups in total. The number of benzene rings is 1. The lowest BCUT2D eigenvalue weighted by molar-refractivity contribution is 0.173. The molecule has 2 heteroatoms. The highest BCUT2D eigenvalue weighted by Gasteiger charge is 2.19. The third-order valence-corrected chi connectivity index (χ3v) is 4.70. The number of nitrogens with zero attached hydrogens (tertiary/aromatic N) is 1. The van der Waals surface area contributed by atoms with Gasteiger partial charge in [0.15, 0.2) is 0 Å². The minimum absolute atomic E-state index is 0.150. The van der Waals surface area contributed by atoms with Crippen LogP contribution in [0.3, 0.4) is 0 Å². The van der Waals surface area contributed by atoms with Crippen LogP contribution >= 0.6 is 0 Å². The van der Waals surface area contributed by atoms with E-state index in [4.69, 9.17) is 5.73 Å². The van der Waals surface area contributed by atoms with Gasteiger partial charge in [-0.25, -0.2) is 0 Å². The molecule has 2 nitrogen and oxygen atoms in total. The summed E-state index contributed by atoms with van der Waals surface area (Å²) in [4.78, 5) is 2.53. The van der Waals surface area contributed by atoms with Crippen molar-refractivity contribution >= 4 is 0 Å². The SMILES string of the molecule is CCC1CCN(CC(N)c2ccc(C)c(C)c2)CC1. The molecule has 1 aromatic rings. The second kappa shape index (κ2) is 6.53. The molecule has 0 bridgehead atoms. The van der Waals surface area contributed by atoms with Gasteiger partial charge in [-0.3, -0.25) is 0 Å². The van der Waals surface area contributed by atoms with Gasteiger partial charge in [-0.05, 0) is 62.4 Å². The summed E-state index contributed by atoms with van der Waals surface area (Å²) in [6.45, 7) is 10.1. The molecule has 106 valence electrons. The van der Waals surface area contributed by atoms with Crippen LogP contribution in [0.4, 0.5) is 0 Å². The topological polar surface area (TPSA) is 29.3 Å². The Morgan fingerprint density at radius 1 is 1.21 bits per heavy atom. The second-order valence-corrected chi connectivity index (χ2v) is 6.10. The zero-order valence-electron chi connectivity index (χ0n) is 12.7. The van der Waals surface area contributed by atoms with Gasteiger partial charge in [0, 0.05) is 12.6 Å². The van der Waals surface area contributed by atoms with Gasteiger partial charge < -0.3 is 10.6 Å². The zero-order valence-corrected chi connectivity index (χ0v) is 12.7. The van der Waals surface area contributed by atoms with Crippen molar-refractivity contribution < 1.29 is 0 Å². The maximum absolute atomic E-state index is 6.37. The van der Waals surface area contributed by atoms with Crippen molar-refractivity contribution in [2.45, 2.75) is 46.1 Å². The Bertz CT molecular complexity index is 406. The fourth-order valence-electron chi connectivity index (χ4n) is 2.96. The highest BCUT2D eigenvalue weighted by atomic mass is 15.1. The van der Waals surface area contributed by atoms with E-state index in [1.807, 2.05) is 0 Å². The fourth-order valence-corrected chi connectivity index (χ4v) is 2.96. The van der Waals surface area contributed by atoms with Crippen LogP contribution in [0.1, 0.15) is 48.9 Å². The molecule has 1 saturated heterocycles. The second-order valence-electron chi connectivity index (χ2n) is 6.10. The number of likely N-dealkylation sites (tertiary alicyclic amines) is 1. The van der Waals surface area contributed by atoms with Gasteiger partial charge >= 0.3 is 0 Å². The Morgan fingerprint density at radius 2 is 1.89 bits per heavy atom. The van der Waals surface area contributed by atoms with E-state index in [0.717, 1.165) is 12.5 Å². The Labute approximate surface area is 118 Å². The molecule has 1 aliphatic rings. The third kappa shape index (κ3) is 3.80. The molecule has 1 aromatic carbocycles. The molecule has 0 saturated carbocycles. The van der Waals surface area contributed by atoms with Crippen molar-refractivity contribution in [3.63, 3.8) is 0 Å². The molecule has 1 unspecified atom stereocenters. The normalized spacial score (nSPS) is 19.6. The van der Waals surface area contributed by atoms with Crippen LogP contribution in [0.25, 0.3) is 0 Å². The van der Waals surface area contributed by atoms with E-state index in [9.17, 15) is 0 Å². The lowest BCUT2D eigenvalue weighted by atomic mass is 9.93. The van der Waals surface area contributed by atoms with Crippen LogP contribution in [0, 0.1) is 19.8 Å². The first kappa shape index (κ1) is 14.5. The first-order valence-corrected chi connectivity index (χ1v) is 7.65. The maximum Gasteiger partial charge on any atom is 0.0424 e. The van der Waals surface area contributed by atoms with Crippen LogP contribution < -0.4 is 5.73 Å². The van der Waals surface area contributed by atoms with Crippen molar-refractivity contribution in [3.05, 3.63) is 34.9 Å². The van der Waals surface area contributed by atoms with Gasteiger partial charge in [-0.1, -0.05) is 31.5 Å². The maximum atomic E-state index is 6.37. The summed E-state index contributed by atoms with van der Waals surface area (Å²) in [5.41, 5.74) is 10.3. The molecule has 1 fully saturated rings.